The Hall–Kier alpha value is -2.69. The standard InChI is InChI=1S/C22H25F2N5O.HI/c1-15-11-16(2)29(28-15)20-10-5-4-8-18(20)14-27-22(25-3)26-13-17-7-6-9-19(12-17)30-21(23)24;/h4-12,21H,13-14H2,1-3H3,(H2,25,26,27);1H. The Labute approximate surface area is 197 Å². The molecule has 0 amide bonds. The summed E-state index contributed by atoms with van der Waals surface area (Å²) in [7, 11) is 1.68. The van der Waals surface area contributed by atoms with Crippen LogP contribution >= 0.6 is 24.0 Å². The first-order valence-electron chi connectivity index (χ1n) is 9.56. The van der Waals surface area contributed by atoms with Crippen molar-refractivity contribution < 1.29 is 13.5 Å². The Bertz CT molecular complexity index is 1020. The average molecular weight is 541 g/mol. The second-order valence-electron chi connectivity index (χ2n) is 6.77. The van der Waals surface area contributed by atoms with Gasteiger partial charge in [0.2, 0.25) is 0 Å². The fourth-order valence-corrected chi connectivity index (χ4v) is 3.16. The third-order valence-corrected chi connectivity index (χ3v) is 4.48. The molecule has 0 radical (unpaired) electrons. The molecule has 1 heterocycles. The number of alkyl halides is 2. The molecule has 0 aliphatic carbocycles. The molecule has 2 aromatic carbocycles. The number of benzene rings is 2. The molecule has 31 heavy (non-hydrogen) atoms. The zero-order valence-electron chi connectivity index (χ0n) is 17.6. The molecule has 0 spiro atoms. The largest absolute Gasteiger partial charge is 0.435 e. The first-order chi connectivity index (χ1) is 14.5. The minimum atomic E-state index is -2.84. The van der Waals surface area contributed by atoms with E-state index in [2.05, 4.69) is 25.5 Å². The number of hydrogen-bond acceptors (Lipinski definition) is 3. The molecule has 166 valence electrons. The van der Waals surface area contributed by atoms with Crippen LogP contribution in [0.4, 0.5) is 8.78 Å². The van der Waals surface area contributed by atoms with Crippen molar-refractivity contribution >= 4 is 29.9 Å². The van der Waals surface area contributed by atoms with Gasteiger partial charge < -0.3 is 15.4 Å². The molecule has 0 bridgehead atoms. The molecular formula is C22H26F2IN5O. The first kappa shape index (κ1) is 24.6. The topological polar surface area (TPSA) is 63.5 Å². The van der Waals surface area contributed by atoms with Crippen LogP contribution in [0.25, 0.3) is 5.69 Å². The molecule has 0 fully saturated rings. The molecule has 0 aliphatic rings. The fraction of sp³-hybridized carbons (Fsp3) is 0.273. The van der Waals surface area contributed by atoms with Crippen LogP contribution in [-0.4, -0.2) is 29.4 Å². The van der Waals surface area contributed by atoms with Crippen molar-refractivity contribution in [1.29, 1.82) is 0 Å². The van der Waals surface area contributed by atoms with Gasteiger partial charge in [-0.25, -0.2) is 4.68 Å². The predicted octanol–water partition coefficient (Wildman–Crippen LogP) is 4.57. The average Bonchev–Trinajstić information content (AvgIpc) is 3.06. The number of aromatic nitrogens is 2. The van der Waals surface area contributed by atoms with Crippen molar-refractivity contribution in [2.24, 2.45) is 4.99 Å². The van der Waals surface area contributed by atoms with Crippen LogP contribution in [-0.2, 0) is 13.1 Å². The lowest BCUT2D eigenvalue weighted by Gasteiger charge is -2.15. The van der Waals surface area contributed by atoms with E-state index in [-0.39, 0.29) is 29.7 Å². The van der Waals surface area contributed by atoms with E-state index >= 15 is 0 Å². The number of hydrogen-bond donors (Lipinski definition) is 2. The van der Waals surface area contributed by atoms with E-state index < -0.39 is 6.61 Å². The number of nitrogens with zero attached hydrogens (tertiary/aromatic N) is 3. The van der Waals surface area contributed by atoms with Crippen molar-refractivity contribution in [1.82, 2.24) is 20.4 Å². The number of rotatable bonds is 7. The van der Waals surface area contributed by atoms with Gasteiger partial charge >= 0.3 is 6.61 Å². The lowest BCUT2D eigenvalue weighted by Crippen LogP contribution is -2.36. The summed E-state index contributed by atoms with van der Waals surface area (Å²) in [6, 6.07) is 16.7. The van der Waals surface area contributed by atoms with E-state index in [1.54, 1.807) is 19.2 Å². The van der Waals surface area contributed by atoms with Crippen molar-refractivity contribution in [2.45, 2.75) is 33.5 Å². The Balaban J connectivity index is 0.00000341. The number of guanidine groups is 1. The van der Waals surface area contributed by atoms with Crippen LogP contribution in [0.3, 0.4) is 0 Å². The highest BCUT2D eigenvalue weighted by Gasteiger charge is 2.10. The Kier molecular flexibility index (Phi) is 9.22. The molecule has 6 nitrogen and oxygen atoms in total. The van der Waals surface area contributed by atoms with Crippen LogP contribution < -0.4 is 15.4 Å². The lowest BCUT2D eigenvalue weighted by atomic mass is 10.1. The van der Waals surface area contributed by atoms with Gasteiger partial charge in [-0.2, -0.15) is 13.9 Å². The van der Waals surface area contributed by atoms with Gasteiger partial charge in [0.05, 0.1) is 11.4 Å². The minimum Gasteiger partial charge on any atom is -0.435 e. The molecule has 1 aromatic heterocycles. The highest BCUT2D eigenvalue weighted by molar-refractivity contribution is 14.0. The minimum absolute atomic E-state index is 0. The summed E-state index contributed by atoms with van der Waals surface area (Å²) in [5.41, 5.74) is 4.90. The van der Waals surface area contributed by atoms with Gasteiger partial charge in [0.15, 0.2) is 5.96 Å². The molecule has 2 N–H and O–H groups in total. The number of ether oxygens (including phenoxy) is 1. The summed E-state index contributed by atoms with van der Waals surface area (Å²) < 4.78 is 31.2. The van der Waals surface area contributed by atoms with Gasteiger partial charge in [0.1, 0.15) is 5.75 Å². The Morgan fingerprint density at radius 1 is 1.06 bits per heavy atom. The molecule has 3 rings (SSSR count). The number of para-hydroxylation sites is 1. The van der Waals surface area contributed by atoms with Gasteiger partial charge in [0, 0.05) is 25.8 Å². The van der Waals surface area contributed by atoms with E-state index in [1.807, 2.05) is 54.9 Å². The third kappa shape index (κ3) is 6.91. The zero-order valence-corrected chi connectivity index (χ0v) is 19.9. The molecule has 9 heteroatoms. The van der Waals surface area contributed by atoms with Crippen LogP contribution in [0.1, 0.15) is 22.5 Å². The maximum atomic E-state index is 12.4. The third-order valence-electron chi connectivity index (χ3n) is 4.48. The van der Waals surface area contributed by atoms with Gasteiger partial charge in [-0.15, -0.1) is 24.0 Å². The Morgan fingerprint density at radius 2 is 1.81 bits per heavy atom. The van der Waals surface area contributed by atoms with Gasteiger partial charge in [-0.3, -0.25) is 4.99 Å². The fourth-order valence-electron chi connectivity index (χ4n) is 3.16. The summed E-state index contributed by atoms with van der Waals surface area (Å²) in [5.74, 6) is 0.726. The van der Waals surface area contributed by atoms with Crippen molar-refractivity contribution in [3.63, 3.8) is 0 Å². The van der Waals surface area contributed by atoms with Crippen molar-refractivity contribution in [3.8, 4) is 11.4 Å². The van der Waals surface area contributed by atoms with Gasteiger partial charge in [0.25, 0.3) is 0 Å². The van der Waals surface area contributed by atoms with Crippen LogP contribution in [0.15, 0.2) is 59.6 Å². The molecule has 0 aliphatic heterocycles. The molecule has 3 aromatic rings. The highest BCUT2D eigenvalue weighted by Crippen LogP contribution is 2.17. The van der Waals surface area contributed by atoms with E-state index in [1.165, 1.54) is 6.07 Å². The van der Waals surface area contributed by atoms with Gasteiger partial charge in [-0.05, 0) is 49.2 Å². The zero-order chi connectivity index (χ0) is 21.5. The Morgan fingerprint density at radius 3 is 2.48 bits per heavy atom. The van der Waals surface area contributed by atoms with E-state index in [9.17, 15) is 8.78 Å². The molecule has 0 unspecified atom stereocenters. The van der Waals surface area contributed by atoms with Crippen molar-refractivity contribution in [2.75, 3.05) is 7.05 Å². The summed E-state index contributed by atoms with van der Waals surface area (Å²) in [6.45, 7) is 2.11. The second kappa shape index (κ2) is 11.6. The molecule has 0 saturated carbocycles. The summed E-state index contributed by atoms with van der Waals surface area (Å²) in [6.07, 6.45) is 0. The molecular weight excluding hydrogens is 515 g/mol. The normalized spacial score (nSPS) is 11.2. The molecule has 0 atom stereocenters. The number of nitrogens with one attached hydrogen (secondary N) is 2. The van der Waals surface area contributed by atoms with E-state index in [0.29, 0.717) is 19.0 Å². The SMILES string of the molecule is CN=C(NCc1cccc(OC(F)F)c1)NCc1ccccc1-n1nc(C)cc1C.I. The van der Waals surface area contributed by atoms with Crippen LogP contribution in [0, 0.1) is 13.8 Å². The highest BCUT2D eigenvalue weighted by atomic mass is 127. The summed E-state index contributed by atoms with van der Waals surface area (Å²) in [5, 5.41) is 11.0. The van der Waals surface area contributed by atoms with Crippen molar-refractivity contribution in [3.05, 3.63) is 77.1 Å². The maximum absolute atomic E-state index is 12.4. The number of halogens is 3. The molecule has 0 saturated heterocycles. The van der Waals surface area contributed by atoms with Crippen LogP contribution in [0.2, 0.25) is 0 Å². The monoisotopic (exact) mass is 541 g/mol. The first-order valence-corrected chi connectivity index (χ1v) is 9.56. The predicted molar refractivity (Wildman–Crippen MR) is 129 cm³/mol. The number of aliphatic imine (C=N–C) groups is 1. The van der Waals surface area contributed by atoms with E-state index in [0.717, 1.165) is 28.2 Å². The van der Waals surface area contributed by atoms with Gasteiger partial charge in [-0.1, -0.05) is 30.3 Å². The van der Waals surface area contributed by atoms with Crippen LogP contribution in [0.5, 0.6) is 5.75 Å². The second-order valence-corrected chi connectivity index (χ2v) is 6.77. The van der Waals surface area contributed by atoms with E-state index in [4.69, 9.17) is 0 Å². The summed E-state index contributed by atoms with van der Waals surface area (Å²) in [4.78, 5) is 4.23. The number of aryl methyl sites for hydroxylation is 2. The smallest absolute Gasteiger partial charge is 0.387 e. The summed E-state index contributed by atoms with van der Waals surface area (Å²) >= 11 is 0. The lowest BCUT2D eigenvalue weighted by molar-refractivity contribution is -0.0498. The maximum Gasteiger partial charge on any atom is 0.387 e. The quantitative estimate of drug-likeness (QED) is 0.262.